The molecular weight excluding hydrogens is 560 g/mol. The predicted octanol–water partition coefficient (Wildman–Crippen LogP) is 4.54. The monoisotopic (exact) mass is 596 g/mol. The van der Waals surface area contributed by atoms with Crippen molar-refractivity contribution in [1.29, 1.82) is 0 Å². The molecule has 1 amide bonds. The Hall–Kier alpha value is -3.90. The fourth-order valence-corrected chi connectivity index (χ4v) is 5.24. The van der Waals surface area contributed by atoms with E-state index in [1.807, 2.05) is 32.9 Å². The van der Waals surface area contributed by atoms with Gasteiger partial charge in [0.05, 0.1) is 19.2 Å². The second kappa shape index (κ2) is 12.1. The van der Waals surface area contributed by atoms with Crippen LogP contribution in [-0.4, -0.2) is 100 Å². The number of piperazine rings is 1. The summed E-state index contributed by atoms with van der Waals surface area (Å²) in [4.78, 5) is 30.5. The van der Waals surface area contributed by atoms with E-state index in [1.165, 1.54) is 0 Å². The van der Waals surface area contributed by atoms with Gasteiger partial charge < -0.3 is 24.4 Å². The molecule has 13 heteroatoms. The molecule has 0 atom stereocenters. The number of pyridine rings is 1. The number of rotatable bonds is 8. The van der Waals surface area contributed by atoms with E-state index in [4.69, 9.17) is 35.9 Å². The van der Waals surface area contributed by atoms with Crippen molar-refractivity contribution >= 4 is 40.3 Å². The lowest BCUT2D eigenvalue weighted by Crippen LogP contribution is -2.50. The number of hydrogen-bond donors (Lipinski definition) is 1. The number of halogens is 1. The van der Waals surface area contributed by atoms with E-state index in [0.29, 0.717) is 64.7 Å². The number of amides is 1. The number of aryl methyl sites for hydroxylation is 1. The van der Waals surface area contributed by atoms with Crippen molar-refractivity contribution in [2.45, 2.75) is 39.2 Å². The minimum Gasteiger partial charge on any atom is -0.497 e. The van der Waals surface area contributed by atoms with Gasteiger partial charge in [-0.1, -0.05) is 11.6 Å². The van der Waals surface area contributed by atoms with E-state index in [-0.39, 0.29) is 6.09 Å². The summed E-state index contributed by atoms with van der Waals surface area (Å²) < 4.78 is 18.3. The van der Waals surface area contributed by atoms with Crippen molar-refractivity contribution in [3.63, 3.8) is 0 Å². The molecule has 4 aromatic rings. The lowest BCUT2D eigenvalue weighted by molar-refractivity contribution is 0.0144. The molecule has 0 radical (unpaired) electrons. The van der Waals surface area contributed by atoms with Gasteiger partial charge in [0.25, 0.3) is 0 Å². The Kier molecular flexibility index (Phi) is 8.55. The van der Waals surface area contributed by atoms with Gasteiger partial charge in [0.15, 0.2) is 17.1 Å². The number of nitrogens with one attached hydrogen (secondary N) is 1. The van der Waals surface area contributed by atoms with Crippen LogP contribution in [0, 0.1) is 0 Å². The number of nitrogens with zero attached hydrogens (tertiary/aromatic N) is 7. The zero-order valence-corrected chi connectivity index (χ0v) is 25.7. The van der Waals surface area contributed by atoms with Gasteiger partial charge in [-0.25, -0.2) is 14.8 Å². The lowest BCUT2D eigenvalue weighted by atomic mass is 10.0. The molecule has 0 aliphatic carbocycles. The van der Waals surface area contributed by atoms with Crippen molar-refractivity contribution in [3.05, 3.63) is 35.2 Å². The molecule has 42 heavy (non-hydrogen) atoms. The first kappa shape index (κ1) is 29.6. The van der Waals surface area contributed by atoms with Gasteiger partial charge in [-0.05, 0) is 45.9 Å². The number of fused-ring (bicyclic) bond motifs is 3. The maximum atomic E-state index is 12.4. The topological polar surface area (TPSA) is 119 Å². The Balaban J connectivity index is 1.39. The van der Waals surface area contributed by atoms with Crippen LogP contribution in [0.2, 0.25) is 5.02 Å². The smallest absolute Gasteiger partial charge is 0.410 e. The molecule has 0 bridgehead atoms. The van der Waals surface area contributed by atoms with Crippen molar-refractivity contribution in [2.24, 2.45) is 0 Å². The standard InChI is InChI=1S/C29H37ClN8O4/c1-29(2,3)42-28(39)37-12-10-36(11-13-37)9-7-8-23-33-26-21(20-15-19(40-5)16-22(41-6)24(20)30)14-18-17-32-27(31-4)34-25(18)38(26)35-23/h14-17H,7-13H2,1-6H3,(H,31,32,34). The number of ether oxygens (including phenoxy) is 3. The molecule has 1 saturated heterocycles. The van der Waals surface area contributed by atoms with Crippen molar-refractivity contribution in [1.82, 2.24) is 34.4 Å². The zero-order valence-electron chi connectivity index (χ0n) is 24.9. The van der Waals surface area contributed by atoms with E-state index in [1.54, 1.807) is 42.9 Å². The van der Waals surface area contributed by atoms with Crippen LogP contribution in [0.15, 0.2) is 24.4 Å². The highest BCUT2D eigenvalue weighted by atomic mass is 35.5. The molecule has 0 spiro atoms. The molecule has 4 heterocycles. The van der Waals surface area contributed by atoms with Crippen LogP contribution in [0.4, 0.5) is 10.7 Å². The van der Waals surface area contributed by atoms with E-state index in [9.17, 15) is 4.79 Å². The number of carbonyl (C=O) groups excluding carboxylic acids is 1. The molecule has 1 N–H and O–H groups in total. The van der Waals surface area contributed by atoms with Gasteiger partial charge in [-0.3, -0.25) is 4.90 Å². The van der Waals surface area contributed by atoms with Gasteiger partial charge in [-0.15, -0.1) is 5.10 Å². The fourth-order valence-electron chi connectivity index (χ4n) is 4.95. The Morgan fingerprint density at radius 1 is 1.02 bits per heavy atom. The maximum absolute atomic E-state index is 12.4. The van der Waals surface area contributed by atoms with Crippen molar-refractivity contribution < 1.29 is 19.0 Å². The van der Waals surface area contributed by atoms with Gasteiger partial charge in [0.1, 0.15) is 17.1 Å². The number of hydrogen-bond acceptors (Lipinski definition) is 10. The second-order valence-corrected chi connectivity index (χ2v) is 11.5. The Morgan fingerprint density at radius 2 is 1.79 bits per heavy atom. The first-order valence-electron chi connectivity index (χ1n) is 14.0. The summed E-state index contributed by atoms with van der Waals surface area (Å²) in [5.74, 6) is 2.29. The molecule has 0 saturated carbocycles. The van der Waals surface area contributed by atoms with Gasteiger partial charge in [0, 0.05) is 68.4 Å². The lowest BCUT2D eigenvalue weighted by Gasteiger charge is -2.35. The fraction of sp³-hybridized carbons (Fsp3) is 0.483. The molecule has 1 aromatic carbocycles. The largest absolute Gasteiger partial charge is 0.497 e. The summed E-state index contributed by atoms with van der Waals surface area (Å²) in [6.45, 7) is 9.42. The first-order chi connectivity index (χ1) is 20.1. The second-order valence-electron chi connectivity index (χ2n) is 11.1. The average molecular weight is 597 g/mol. The van der Waals surface area contributed by atoms with E-state index >= 15 is 0 Å². The van der Waals surface area contributed by atoms with Crippen molar-refractivity contribution in [3.8, 4) is 22.6 Å². The van der Waals surface area contributed by atoms with Gasteiger partial charge in [-0.2, -0.15) is 9.50 Å². The van der Waals surface area contributed by atoms with Gasteiger partial charge in [0.2, 0.25) is 5.95 Å². The number of anilines is 1. The minimum atomic E-state index is -0.495. The number of aromatic nitrogens is 5. The minimum absolute atomic E-state index is 0.252. The maximum Gasteiger partial charge on any atom is 0.410 e. The van der Waals surface area contributed by atoms with Crippen LogP contribution in [-0.2, 0) is 11.2 Å². The Labute approximate surface area is 249 Å². The van der Waals surface area contributed by atoms with Crippen LogP contribution in [0.3, 0.4) is 0 Å². The van der Waals surface area contributed by atoms with E-state index < -0.39 is 5.60 Å². The third-order valence-corrected chi connectivity index (χ3v) is 7.46. The summed E-state index contributed by atoms with van der Waals surface area (Å²) in [5.41, 5.74) is 2.24. The summed E-state index contributed by atoms with van der Waals surface area (Å²) >= 11 is 6.79. The molecule has 1 aliphatic rings. The van der Waals surface area contributed by atoms with Crippen LogP contribution in [0.1, 0.15) is 33.0 Å². The Morgan fingerprint density at radius 3 is 2.45 bits per heavy atom. The average Bonchev–Trinajstić information content (AvgIpc) is 3.40. The highest BCUT2D eigenvalue weighted by Crippen LogP contribution is 2.41. The first-order valence-corrected chi connectivity index (χ1v) is 14.3. The molecule has 1 aliphatic heterocycles. The molecular formula is C29H37ClN8O4. The van der Waals surface area contributed by atoms with E-state index in [2.05, 4.69) is 20.2 Å². The van der Waals surface area contributed by atoms with Crippen LogP contribution in [0.5, 0.6) is 11.5 Å². The van der Waals surface area contributed by atoms with Crippen molar-refractivity contribution in [2.75, 3.05) is 59.3 Å². The highest BCUT2D eigenvalue weighted by Gasteiger charge is 2.26. The highest BCUT2D eigenvalue weighted by molar-refractivity contribution is 6.35. The molecule has 12 nitrogen and oxygen atoms in total. The summed E-state index contributed by atoms with van der Waals surface area (Å²) in [6.07, 6.45) is 3.04. The van der Waals surface area contributed by atoms with Crippen LogP contribution in [0.25, 0.3) is 27.8 Å². The zero-order chi connectivity index (χ0) is 30.0. The third kappa shape index (κ3) is 6.29. The number of carbonyl (C=O) groups is 1. The third-order valence-electron chi connectivity index (χ3n) is 7.07. The molecule has 0 unspecified atom stereocenters. The van der Waals surface area contributed by atoms with Gasteiger partial charge >= 0.3 is 6.09 Å². The molecule has 3 aromatic heterocycles. The predicted molar refractivity (Wildman–Crippen MR) is 162 cm³/mol. The van der Waals surface area contributed by atoms with Crippen LogP contribution < -0.4 is 14.8 Å². The van der Waals surface area contributed by atoms with Crippen LogP contribution >= 0.6 is 11.6 Å². The molecule has 5 rings (SSSR count). The molecule has 1 fully saturated rings. The summed E-state index contributed by atoms with van der Waals surface area (Å²) in [6, 6.07) is 5.57. The number of benzene rings is 1. The quantitative estimate of drug-likeness (QED) is 0.310. The van der Waals surface area contributed by atoms with E-state index in [0.717, 1.165) is 37.0 Å². The normalized spacial score (nSPS) is 14.4. The number of methoxy groups -OCH3 is 2. The summed E-state index contributed by atoms with van der Waals surface area (Å²) in [5, 5.41) is 9.09. The Bertz CT molecular complexity index is 1590. The summed E-state index contributed by atoms with van der Waals surface area (Å²) in [7, 11) is 4.94. The molecule has 224 valence electrons. The SMILES string of the molecule is CNc1ncc2cc(-c3cc(OC)cc(OC)c3Cl)c3nc(CCCN4CCN(C(=O)OC(C)(C)C)CC4)nn3c2n1.